The quantitative estimate of drug-likeness (QED) is 0.185. The molecule has 0 aromatic rings. The Hall–Kier alpha value is 0.890. The van der Waals surface area contributed by atoms with Crippen molar-refractivity contribution in [3.8, 4) is 0 Å². The molecule has 0 aromatic carbocycles. The molecule has 1 aliphatic rings. The Kier molecular flexibility index (Phi) is 3.17. The van der Waals surface area contributed by atoms with E-state index in [0.29, 0.717) is 4.05 Å². The second-order valence-electron chi connectivity index (χ2n) is 1.99. The molecule has 2 atom stereocenters. The molecule has 1 fully saturated rings. The van der Waals surface area contributed by atoms with Gasteiger partial charge in [0.05, 0.1) is 0 Å². The second-order valence-corrected chi connectivity index (χ2v) is 9.49. The van der Waals surface area contributed by atoms with Gasteiger partial charge in [0.1, 0.15) is 0 Å². The number of halogens is 2. The van der Waals surface area contributed by atoms with Crippen molar-refractivity contribution in [2.45, 2.75) is 7.97 Å². The molecule has 2 unspecified atom stereocenters. The van der Waals surface area contributed by atoms with Crippen LogP contribution in [-0.2, 0) is 4.79 Å². The Morgan fingerprint density at radius 1 is 1.90 bits per heavy atom. The molecule has 3 nitrogen and oxygen atoms in total. The summed E-state index contributed by atoms with van der Waals surface area (Å²) in [7, 11) is 0. The number of carbonyl (C=O) groups is 1. The van der Waals surface area contributed by atoms with E-state index in [9.17, 15) is 4.79 Å². The number of alkyl halides is 4. The van der Waals surface area contributed by atoms with Gasteiger partial charge in [-0.25, -0.2) is 0 Å². The maximum atomic E-state index is 10.6. The Balaban J connectivity index is 2.42. The van der Waals surface area contributed by atoms with E-state index in [1.165, 1.54) is 0 Å². The summed E-state index contributed by atoms with van der Waals surface area (Å²) in [6.07, 6.45) is 0. The molecule has 0 aliphatic carbocycles. The number of carboxylic acid groups (broad SMARTS) is 1. The van der Waals surface area contributed by atoms with Gasteiger partial charge in [0.15, 0.2) is 0 Å². The molecule has 2 N–H and O–H groups in total. The summed E-state index contributed by atoms with van der Waals surface area (Å²) in [6.45, 7) is 0. The summed E-state index contributed by atoms with van der Waals surface area (Å²) >= 11 is -1.02. The number of aliphatic carboxylic acids is 1. The van der Waals surface area contributed by atoms with Gasteiger partial charge < -0.3 is 0 Å². The molecular formula is C5H10I2NO2-. The predicted molar refractivity (Wildman–Crippen MR) is 44.2 cm³/mol. The molecule has 1 rings (SSSR count). The van der Waals surface area contributed by atoms with Gasteiger partial charge in [-0.3, -0.25) is 0 Å². The molecule has 62 valence electrons. The normalized spacial score (nSPS) is 30.2. The molecule has 5 heteroatoms. The molecular weight excluding hydrogens is 360 g/mol. The van der Waals surface area contributed by atoms with Crippen LogP contribution >= 0.6 is 20.1 Å². The third kappa shape index (κ3) is 1.94. The maximum absolute atomic E-state index is 10.6. The van der Waals surface area contributed by atoms with E-state index in [2.05, 4.69) is 8.46 Å². The first-order valence-electron chi connectivity index (χ1n) is 2.72. The molecule has 0 saturated carbocycles. The van der Waals surface area contributed by atoms with E-state index in [0.717, 1.165) is 0 Å². The van der Waals surface area contributed by atoms with Crippen molar-refractivity contribution in [2.75, 3.05) is 9.86 Å². The molecule has 1 saturated heterocycles. The SMILES string of the molecule is C[I-]C(C(=O)O)C1NI1C. The van der Waals surface area contributed by atoms with E-state index >= 15 is 0 Å². The topological polar surface area (TPSA) is 59.2 Å². The average molecular weight is 370 g/mol. The Morgan fingerprint density at radius 2 is 2.40 bits per heavy atom. The van der Waals surface area contributed by atoms with Gasteiger partial charge in [-0.15, -0.1) is 0 Å². The molecule has 1 heterocycles. The van der Waals surface area contributed by atoms with Crippen molar-refractivity contribution in [1.29, 1.82) is 0 Å². The van der Waals surface area contributed by atoms with Gasteiger partial charge in [-0.1, -0.05) is 0 Å². The van der Waals surface area contributed by atoms with Gasteiger partial charge in [-0.2, -0.15) is 0 Å². The van der Waals surface area contributed by atoms with Gasteiger partial charge in [0.2, 0.25) is 0 Å². The number of carboxylic acids is 1. The van der Waals surface area contributed by atoms with Crippen molar-refractivity contribution in [2.24, 2.45) is 0 Å². The van der Waals surface area contributed by atoms with E-state index < -0.39 is 26.1 Å². The van der Waals surface area contributed by atoms with E-state index in [-0.39, 0.29) is 25.1 Å². The predicted octanol–water partition coefficient (Wildman–Crippen LogP) is -2.86. The van der Waals surface area contributed by atoms with Crippen LogP contribution in [0.2, 0.25) is 0 Å². The van der Waals surface area contributed by atoms with Gasteiger partial charge >= 0.3 is 78.5 Å². The van der Waals surface area contributed by atoms with Crippen LogP contribution in [0.4, 0.5) is 0 Å². The van der Waals surface area contributed by atoms with Crippen molar-refractivity contribution < 1.29 is 31.1 Å². The van der Waals surface area contributed by atoms with Crippen LogP contribution in [0.3, 0.4) is 0 Å². The zero-order chi connectivity index (χ0) is 7.72. The Morgan fingerprint density at radius 3 is 2.50 bits per heavy atom. The van der Waals surface area contributed by atoms with E-state index in [1.807, 2.05) is 4.93 Å². The second kappa shape index (κ2) is 3.53. The number of hydrogen-bond acceptors (Lipinski definition) is 2. The third-order valence-electron chi connectivity index (χ3n) is 1.31. The van der Waals surface area contributed by atoms with Crippen LogP contribution < -0.4 is 24.7 Å². The van der Waals surface area contributed by atoms with Crippen LogP contribution in [0.25, 0.3) is 0 Å². The average Bonchev–Trinajstić information content (AvgIpc) is 2.48. The molecule has 10 heavy (non-hydrogen) atoms. The summed E-state index contributed by atoms with van der Waals surface area (Å²) in [5, 5.41) is 8.71. The minimum absolute atomic E-state index is 0.00556. The molecule has 0 radical (unpaired) electrons. The van der Waals surface area contributed by atoms with Crippen molar-refractivity contribution in [3.05, 3.63) is 0 Å². The van der Waals surface area contributed by atoms with Gasteiger partial charge in [-0.05, 0) is 0 Å². The van der Waals surface area contributed by atoms with Crippen molar-refractivity contribution in [3.63, 3.8) is 0 Å². The zero-order valence-electron chi connectivity index (χ0n) is 5.77. The minimum atomic E-state index is -0.889. The zero-order valence-corrected chi connectivity index (χ0v) is 10.1. The monoisotopic (exact) mass is 370 g/mol. The van der Waals surface area contributed by atoms with Crippen molar-refractivity contribution >= 4 is 26.1 Å². The number of nitrogens with one attached hydrogen (secondary N) is 1. The van der Waals surface area contributed by atoms with Crippen LogP contribution in [0, 0.1) is 0 Å². The van der Waals surface area contributed by atoms with Gasteiger partial charge in [0.25, 0.3) is 0 Å². The van der Waals surface area contributed by atoms with Crippen LogP contribution in [0.5, 0.6) is 0 Å². The molecule has 0 amide bonds. The first-order valence-corrected chi connectivity index (χ1v) is 10.6. The first kappa shape index (κ1) is 8.98. The number of hydrogen-bond donors (Lipinski definition) is 2. The van der Waals surface area contributed by atoms with Gasteiger partial charge in [0, 0.05) is 0 Å². The summed E-state index contributed by atoms with van der Waals surface area (Å²) in [6, 6.07) is 0. The van der Waals surface area contributed by atoms with E-state index in [1.54, 1.807) is 0 Å². The Bertz CT molecular complexity index is 153. The van der Waals surface area contributed by atoms with Crippen molar-refractivity contribution in [1.82, 2.24) is 3.53 Å². The van der Waals surface area contributed by atoms with E-state index in [4.69, 9.17) is 5.11 Å². The van der Waals surface area contributed by atoms with Crippen LogP contribution in [0.15, 0.2) is 0 Å². The fraction of sp³-hybridized carbons (Fsp3) is 0.800. The first-order chi connectivity index (χ1) is 4.66. The molecule has 0 bridgehead atoms. The fourth-order valence-electron chi connectivity index (χ4n) is 0.691. The third-order valence-corrected chi connectivity index (χ3v) is 9.30. The standard InChI is InChI=1S/C5H10I2NO2/c1-6-3(5(9)10)4-7(2)8-4/h3-4,8H,1-2H3,(H,9,10)/q-1. The summed E-state index contributed by atoms with van der Waals surface area (Å²) in [4.78, 5) is 14.8. The number of rotatable bonds is 3. The molecule has 1 aliphatic heterocycles. The summed E-state index contributed by atoms with van der Waals surface area (Å²) in [5.41, 5.74) is 0. The molecule has 0 spiro atoms. The summed E-state index contributed by atoms with van der Waals surface area (Å²) < 4.78 is 3.69. The Labute approximate surface area is 78.0 Å². The summed E-state index contributed by atoms with van der Waals surface area (Å²) in [5.74, 6) is -0.588. The van der Waals surface area contributed by atoms with Crippen LogP contribution in [0.1, 0.15) is 0 Å². The molecule has 0 aromatic heterocycles. The van der Waals surface area contributed by atoms with Crippen LogP contribution in [-0.4, -0.2) is 28.9 Å². The fourth-order valence-corrected chi connectivity index (χ4v) is 11.3.